The molecule has 1 aliphatic heterocycles. The van der Waals surface area contributed by atoms with Gasteiger partial charge in [0.15, 0.2) is 0 Å². The SMILES string of the molecule is COc1cc(OC)c(C2SCC(=O)N2CCSC)c(OC)c1. The third-order valence-electron chi connectivity index (χ3n) is 3.50. The number of amides is 1. The summed E-state index contributed by atoms with van der Waals surface area (Å²) in [6.45, 7) is 0.718. The Balaban J connectivity index is 2.43. The molecule has 1 aliphatic rings. The Morgan fingerprint density at radius 3 is 2.36 bits per heavy atom. The van der Waals surface area contributed by atoms with Gasteiger partial charge in [-0.1, -0.05) is 0 Å². The van der Waals surface area contributed by atoms with Gasteiger partial charge in [-0.2, -0.15) is 11.8 Å². The van der Waals surface area contributed by atoms with E-state index in [9.17, 15) is 4.79 Å². The monoisotopic (exact) mass is 343 g/mol. The molecule has 0 bridgehead atoms. The highest BCUT2D eigenvalue weighted by Crippen LogP contribution is 2.48. The number of methoxy groups -OCH3 is 3. The van der Waals surface area contributed by atoms with Gasteiger partial charge in [0.05, 0.1) is 32.6 Å². The van der Waals surface area contributed by atoms with Crippen molar-refractivity contribution in [3.63, 3.8) is 0 Å². The minimum Gasteiger partial charge on any atom is -0.496 e. The van der Waals surface area contributed by atoms with Crippen LogP contribution in [0.2, 0.25) is 0 Å². The lowest BCUT2D eigenvalue weighted by molar-refractivity contribution is -0.127. The van der Waals surface area contributed by atoms with Crippen LogP contribution in [0.25, 0.3) is 0 Å². The zero-order valence-electron chi connectivity index (χ0n) is 13.3. The Morgan fingerprint density at radius 1 is 1.23 bits per heavy atom. The summed E-state index contributed by atoms with van der Waals surface area (Å²) in [6, 6.07) is 3.65. The fourth-order valence-corrected chi connectivity index (χ4v) is 4.05. The molecule has 22 heavy (non-hydrogen) atoms. The second kappa shape index (κ2) is 7.87. The van der Waals surface area contributed by atoms with Crippen LogP contribution in [0.3, 0.4) is 0 Å². The number of carbonyl (C=O) groups is 1. The van der Waals surface area contributed by atoms with Crippen molar-refractivity contribution < 1.29 is 19.0 Å². The van der Waals surface area contributed by atoms with Crippen molar-refractivity contribution in [2.75, 3.05) is 45.6 Å². The molecule has 1 fully saturated rings. The van der Waals surface area contributed by atoms with Gasteiger partial charge in [-0.05, 0) is 6.26 Å². The molecule has 1 aromatic carbocycles. The fourth-order valence-electron chi connectivity index (χ4n) is 2.40. The third-order valence-corrected chi connectivity index (χ3v) is 5.31. The fraction of sp³-hybridized carbons (Fsp3) is 0.533. The summed E-state index contributed by atoms with van der Waals surface area (Å²) < 4.78 is 16.3. The maximum atomic E-state index is 12.2. The number of thioether (sulfide) groups is 2. The van der Waals surface area contributed by atoms with Gasteiger partial charge >= 0.3 is 0 Å². The van der Waals surface area contributed by atoms with Crippen LogP contribution in [0.15, 0.2) is 12.1 Å². The first-order valence-electron chi connectivity index (χ1n) is 6.86. The van der Waals surface area contributed by atoms with Crippen LogP contribution < -0.4 is 14.2 Å². The van der Waals surface area contributed by atoms with E-state index in [0.29, 0.717) is 23.0 Å². The molecule has 1 atom stereocenters. The second-order valence-electron chi connectivity index (χ2n) is 4.69. The van der Waals surface area contributed by atoms with Gasteiger partial charge in [-0.3, -0.25) is 4.79 Å². The summed E-state index contributed by atoms with van der Waals surface area (Å²) in [4.78, 5) is 14.1. The summed E-state index contributed by atoms with van der Waals surface area (Å²) in [7, 11) is 4.84. The van der Waals surface area contributed by atoms with Crippen molar-refractivity contribution in [1.82, 2.24) is 4.90 Å². The zero-order valence-corrected chi connectivity index (χ0v) is 14.9. The highest BCUT2D eigenvalue weighted by atomic mass is 32.2. The Labute approximate surface area is 139 Å². The lowest BCUT2D eigenvalue weighted by atomic mass is 10.1. The average Bonchev–Trinajstić information content (AvgIpc) is 2.91. The highest BCUT2D eigenvalue weighted by molar-refractivity contribution is 8.00. The first kappa shape index (κ1) is 17.1. The van der Waals surface area contributed by atoms with Crippen molar-refractivity contribution in [3.8, 4) is 17.2 Å². The van der Waals surface area contributed by atoms with Gasteiger partial charge in [0, 0.05) is 24.4 Å². The Hall–Kier alpha value is -1.21. The molecule has 0 aliphatic carbocycles. The number of rotatable bonds is 7. The molecular weight excluding hydrogens is 322 g/mol. The highest BCUT2D eigenvalue weighted by Gasteiger charge is 2.36. The van der Waals surface area contributed by atoms with Gasteiger partial charge in [-0.15, -0.1) is 11.8 Å². The predicted octanol–water partition coefficient (Wildman–Crippen LogP) is 2.65. The number of ether oxygens (including phenoxy) is 3. The van der Waals surface area contributed by atoms with E-state index in [2.05, 4.69) is 0 Å². The smallest absolute Gasteiger partial charge is 0.233 e. The van der Waals surface area contributed by atoms with Gasteiger partial charge in [0.2, 0.25) is 5.91 Å². The van der Waals surface area contributed by atoms with Crippen molar-refractivity contribution >= 4 is 29.4 Å². The van der Waals surface area contributed by atoms with E-state index >= 15 is 0 Å². The molecule has 0 aromatic heterocycles. The topological polar surface area (TPSA) is 48.0 Å². The van der Waals surface area contributed by atoms with Gasteiger partial charge in [0.1, 0.15) is 22.6 Å². The summed E-state index contributed by atoms with van der Waals surface area (Å²) in [6.07, 6.45) is 2.04. The summed E-state index contributed by atoms with van der Waals surface area (Å²) in [5.41, 5.74) is 0.891. The van der Waals surface area contributed by atoms with E-state index in [0.717, 1.165) is 17.9 Å². The van der Waals surface area contributed by atoms with Crippen LogP contribution in [0, 0.1) is 0 Å². The maximum Gasteiger partial charge on any atom is 0.233 e. The normalized spacial score (nSPS) is 17.7. The van der Waals surface area contributed by atoms with Crippen LogP contribution in [-0.2, 0) is 4.79 Å². The molecule has 2 rings (SSSR count). The molecule has 0 saturated carbocycles. The minimum atomic E-state index is -0.0875. The second-order valence-corrected chi connectivity index (χ2v) is 6.74. The Morgan fingerprint density at radius 2 is 1.86 bits per heavy atom. The van der Waals surface area contributed by atoms with Crippen molar-refractivity contribution in [3.05, 3.63) is 17.7 Å². The lowest BCUT2D eigenvalue weighted by Gasteiger charge is -2.27. The van der Waals surface area contributed by atoms with Gasteiger partial charge < -0.3 is 19.1 Å². The first-order valence-corrected chi connectivity index (χ1v) is 9.30. The Bertz CT molecular complexity index is 513. The number of hydrogen-bond acceptors (Lipinski definition) is 6. The molecule has 0 radical (unpaired) electrons. The van der Waals surface area contributed by atoms with Crippen LogP contribution in [-0.4, -0.2) is 56.4 Å². The molecule has 1 unspecified atom stereocenters. The van der Waals surface area contributed by atoms with E-state index in [1.165, 1.54) is 0 Å². The van der Waals surface area contributed by atoms with Crippen molar-refractivity contribution in [2.45, 2.75) is 5.37 Å². The molecule has 7 heteroatoms. The largest absolute Gasteiger partial charge is 0.496 e. The molecule has 1 amide bonds. The quantitative estimate of drug-likeness (QED) is 0.758. The van der Waals surface area contributed by atoms with E-state index in [4.69, 9.17) is 14.2 Å². The number of hydrogen-bond donors (Lipinski definition) is 0. The molecule has 0 N–H and O–H groups in total. The third kappa shape index (κ3) is 3.41. The molecule has 1 aromatic rings. The summed E-state index contributed by atoms with van der Waals surface area (Å²) in [5.74, 6) is 3.57. The van der Waals surface area contributed by atoms with Gasteiger partial charge in [-0.25, -0.2) is 0 Å². The minimum absolute atomic E-state index is 0.0875. The standard InChI is InChI=1S/C15H21NO4S2/c1-18-10-7-11(19-2)14(12(8-10)20-3)15-16(5-6-21-4)13(17)9-22-15/h7-8,15H,5-6,9H2,1-4H3. The summed E-state index contributed by atoms with van der Waals surface area (Å²) >= 11 is 3.33. The van der Waals surface area contributed by atoms with E-state index in [1.54, 1.807) is 44.9 Å². The van der Waals surface area contributed by atoms with Gasteiger partial charge in [0.25, 0.3) is 0 Å². The predicted molar refractivity (Wildman–Crippen MR) is 91.4 cm³/mol. The molecule has 0 spiro atoms. The first-order chi connectivity index (χ1) is 10.7. The lowest BCUT2D eigenvalue weighted by Crippen LogP contribution is -2.30. The van der Waals surface area contributed by atoms with Crippen LogP contribution in [0.1, 0.15) is 10.9 Å². The van der Waals surface area contributed by atoms with Crippen molar-refractivity contribution in [2.24, 2.45) is 0 Å². The molecule has 1 heterocycles. The number of nitrogens with zero attached hydrogens (tertiary/aromatic N) is 1. The Kier molecular flexibility index (Phi) is 6.14. The number of carbonyl (C=O) groups excluding carboxylic acids is 1. The number of benzene rings is 1. The van der Waals surface area contributed by atoms with Crippen LogP contribution in [0.4, 0.5) is 0 Å². The molecule has 5 nitrogen and oxygen atoms in total. The van der Waals surface area contributed by atoms with E-state index in [1.807, 2.05) is 23.3 Å². The zero-order chi connectivity index (χ0) is 16.1. The van der Waals surface area contributed by atoms with E-state index < -0.39 is 0 Å². The van der Waals surface area contributed by atoms with Crippen LogP contribution >= 0.6 is 23.5 Å². The van der Waals surface area contributed by atoms with E-state index in [-0.39, 0.29) is 11.3 Å². The molecule has 1 saturated heterocycles. The maximum absolute atomic E-state index is 12.2. The molecule has 122 valence electrons. The molecular formula is C15H21NO4S2. The van der Waals surface area contributed by atoms with Crippen molar-refractivity contribution in [1.29, 1.82) is 0 Å². The average molecular weight is 343 g/mol. The summed E-state index contributed by atoms with van der Waals surface area (Å²) in [5, 5.41) is -0.0875. The van der Waals surface area contributed by atoms with Crippen LogP contribution in [0.5, 0.6) is 17.2 Å².